The van der Waals surface area contributed by atoms with Gasteiger partial charge < -0.3 is 10.4 Å². The van der Waals surface area contributed by atoms with Crippen LogP contribution in [0.1, 0.15) is 26.6 Å². The summed E-state index contributed by atoms with van der Waals surface area (Å²) in [5.74, 6) is -0.658. The second-order valence-electron chi connectivity index (χ2n) is 5.62. The summed E-state index contributed by atoms with van der Waals surface area (Å²) in [5.41, 5.74) is -0.808. The van der Waals surface area contributed by atoms with E-state index in [0.717, 1.165) is 4.57 Å². The Morgan fingerprint density at radius 2 is 2.14 bits per heavy atom. The molecule has 2 heterocycles. The van der Waals surface area contributed by atoms with E-state index in [-0.39, 0.29) is 17.9 Å². The Morgan fingerprint density at radius 3 is 2.73 bits per heavy atom. The predicted octanol–water partition coefficient (Wildman–Crippen LogP) is -0.318. The monoisotopic (exact) mass is 307 g/mol. The van der Waals surface area contributed by atoms with Gasteiger partial charge in [0.1, 0.15) is 6.54 Å². The maximum atomic E-state index is 12.0. The lowest BCUT2D eigenvalue weighted by molar-refractivity contribution is -0.137. The number of carbonyl (C=O) groups is 1. The molecule has 0 spiro atoms. The van der Waals surface area contributed by atoms with E-state index >= 15 is 0 Å². The molecule has 0 aromatic carbocycles. The molecule has 0 aliphatic carbocycles. The molecular formula is C12H17N7O3. The molecule has 10 heteroatoms. The van der Waals surface area contributed by atoms with Crippen LogP contribution in [-0.2, 0) is 23.4 Å². The number of carboxylic acids is 1. The number of aliphatic carboxylic acids is 1. The molecule has 2 N–H and O–H groups in total. The molecule has 2 aromatic rings. The molecular weight excluding hydrogens is 290 g/mol. The smallest absolute Gasteiger partial charge is 0.323 e. The van der Waals surface area contributed by atoms with Crippen molar-refractivity contribution < 1.29 is 9.90 Å². The van der Waals surface area contributed by atoms with Crippen LogP contribution in [0.25, 0.3) is 0 Å². The largest absolute Gasteiger partial charge is 0.480 e. The SMILES string of the molecule is CC(C)(C)n1nnc(CNc2nccn(CC(=O)O)c2=O)n1. The third-order valence-electron chi connectivity index (χ3n) is 2.69. The minimum atomic E-state index is -1.10. The van der Waals surface area contributed by atoms with Gasteiger partial charge in [0.2, 0.25) is 0 Å². The van der Waals surface area contributed by atoms with Crippen LogP contribution in [0, 0.1) is 0 Å². The van der Waals surface area contributed by atoms with E-state index in [1.54, 1.807) is 0 Å². The maximum absolute atomic E-state index is 12.0. The third-order valence-corrected chi connectivity index (χ3v) is 2.69. The molecule has 0 aliphatic rings. The molecule has 10 nitrogen and oxygen atoms in total. The molecule has 0 saturated heterocycles. The van der Waals surface area contributed by atoms with Crippen LogP contribution >= 0.6 is 0 Å². The minimum Gasteiger partial charge on any atom is -0.480 e. The number of nitrogens with one attached hydrogen (secondary N) is 1. The number of rotatable bonds is 5. The van der Waals surface area contributed by atoms with Crippen molar-refractivity contribution in [2.75, 3.05) is 5.32 Å². The van der Waals surface area contributed by atoms with E-state index in [4.69, 9.17) is 5.11 Å². The second kappa shape index (κ2) is 5.92. The number of nitrogens with zero attached hydrogens (tertiary/aromatic N) is 6. The lowest BCUT2D eigenvalue weighted by Gasteiger charge is -2.15. The van der Waals surface area contributed by atoms with Gasteiger partial charge >= 0.3 is 5.97 Å². The van der Waals surface area contributed by atoms with Crippen molar-refractivity contribution in [2.45, 2.75) is 39.4 Å². The topological polar surface area (TPSA) is 128 Å². The van der Waals surface area contributed by atoms with Crippen molar-refractivity contribution in [3.05, 3.63) is 28.6 Å². The maximum Gasteiger partial charge on any atom is 0.323 e. The first-order chi connectivity index (χ1) is 10.3. The molecule has 0 unspecified atom stereocenters. The van der Waals surface area contributed by atoms with Gasteiger partial charge in [-0.25, -0.2) is 4.98 Å². The fraction of sp³-hybridized carbons (Fsp3) is 0.500. The van der Waals surface area contributed by atoms with E-state index in [0.29, 0.717) is 5.82 Å². The molecule has 0 radical (unpaired) electrons. The molecule has 118 valence electrons. The lowest BCUT2D eigenvalue weighted by Crippen LogP contribution is -2.27. The second-order valence-corrected chi connectivity index (χ2v) is 5.62. The minimum absolute atomic E-state index is 0.0378. The highest BCUT2D eigenvalue weighted by atomic mass is 16.4. The Hall–Kier alpha value is -2.78. The van der Waals surface area contributed by atoms with Gasteiger partial charge in [-0.3, -0.25) is 14.2 Å². The summed E-state index contributed by atoms with van der Waals surface area (Å²) in [6, 6.07) is 0. The average molecular weight is 307 g/mol. The van der Waals surface area contributed by atoms with Crippen LogP contribution in [0.2, 0.25) is 0 Å². The van der Waals surface area contributed by atoms with Gasteiger partial charge in [-0.05, 0) is 26.0 Å². The van der Waals surface area contributed by atoms with Gasteiger partial charge in [0, 0.05) is 12.4 Å². The summed E-state index contributed by atoms with van der Waals surface area (Å²) in [7, 11) is 0. The Labute approximate surface area is 125 Å². The van der Waals surface area contributed by atoms with Crippen LogP contribution in [0.15, 0.2) is 17.2 Å². The molecule has 0 aliphatic heterocycles. The van der Waals surface area contributed by atoms with E-state index in [1.807, 2.05) is 20.8 Å². The quantitative estimate of drug-likeness (QED) is 0.769. The van der Waals surface area contributed by atoms with Crippen LogP contribution in [0.3, 0.4) is 0 Å². The van der Waals surface area contributed by atoms with Crippen molar-refractivity contribution in [2.24, 2.45) is 0 Å². The summed E-state index contributed by atoms with van der Waals surface area (Å²) in [4.78, 5) is 28.1. The van der Waals surface area contributed by atoms with Gasteiger partial charge in [-0.1, -0.05) is 0 Å². The molecule has 0 fully saturated rings. The van der Waals surface area contributed by atoms with E-state index in [9.17, 15) is 9.59 Å². The highest BCUT2D eigenvalue weighted by Gasteiger charge is 2.17. The normalized spacial score (nSPS) is 11.4. The summed E-state index contributed by atoms with van der Waals surface area (Å²) >= 11 is 0. The number of hydrogen-bond acceptors (Lipinski definition) is 7. The standard InChI is InChI=1S/C12H17N7O3/c1-12(2,3)19-16-8(15-17-19)6-14-10-11(22)18(5-4-13-10)7-9(20)21/h4-5H,6-7H2,1-3H3,(H,13,14)(H,20,21). The van der Waals surface area contributed by atoms with E-state index in [1.165, 1.54) is 17.2 Å². The first kappa shape index (κ1) is 15.6. The average Bonchev–Trinajstić information content (AvgIpc) is 2.88. The lowest BCUT2D eigenvalue weighted by atomic mass is 10.1. The van der Waals surface area contributed by atoms with Crippen LogP contribution in [-0.4, -0.2) is 40.8 Å². The zero-order valence-electron chi connectivity index (χ0n) is 12.5. The molecule has 0 atom stereocenters. The van der Waals surface area contributed by atoms with Crippen LogP contribution in [0.5, 0.6) is 0 Å². The third kappa shape index (κ3) is 3.65. The Bertz CT molecular complexity index is 729. The van der Waals surface area contributed by atoms with Gasteiger partial charge in [0.15, 0.2) is 11.6 Å². The van der Waals surface area contributed by atoms with Crippen molar-refractivity contribution >= 4 is 11.8 Å². The first-order valence-electron chi connectivity index (χ1n) is 6.58. The summed E-state index contributed by atoms with van der Waals surface area (Å²) in [5, 5.41) is 23.5. The van der Waals surface area contributed by atoms with Gasteiger partial charge in [-0.2, -0.15) is 4.80 Å². The van der Waals surface area contributed by atoms with Gasteiger partial charge in [0.05, 0.1) is 12.1 Å². The number of aromatic nitrogens is 6. The first-order valence-corrected chi connectivity index (χ1v) is 6.58. The zero-order chi connectivity index (χ0) is 16.3. The van der Waals surface area contributed by atoms with E-state index in [2.05, 4.69) is 25.7 Å². The molecule has 0 amide bonds. The number of anilines is 1. The molecule has 22 heavy (non-hydrogen) atoms. The predicted molar refractivity (Wildman–Crippen MR) is 76.3 cm³/mol. The fourth-order valence-electron chi connectivity index (χ4n) is 1.60. The van der Waals surface area contributed by atoms with Crippen LogP contribution in [0.4, 0.5) is 5.82 Å². The zero-order valence-corrected chi connectivity index (χ0v) is 12.5. The van der Waals surface area contributed by atoms with Crippen molar-refractivity contribution in [3.8, 4) is 0 Å². The highest BCUT2D eigenvalue weighted by molar-refractivity contribution is 5.66. The molecule has 0 bridgehead atoms. The molecule has 2 aromatic heterocycles. The Balaban J connectivity index is 2.10. The van der Waals surface area contributed by atoms with Crippen molar-refractivity contribution in [1.29, 1.82) is 0 Å². The molecule has 2 rings (SSSR count). The van der Waals surface area contributed by atoms with Crippen molar-refractivity contribution in [1.82, 2.24) is 29.8 Å². The Kier molecular flexibility index (Phi) is 4.20. The summed E-state index contributed by atoms with van der Waals surface area (Å²) < 4.78 is 1.05. The van der Waals surface area contributed by atoms with Gasteiger partial charge in [-0.15, -0.1) is 10.2 Å². The van der Waals surface area contributed by atoms with E-state index < -0.39 is 18.1 Å². The van der Waals surface area contributed by atoms with Crippen molar-refractivity contribution in [3.63, 3.8) is 0 Å². The summed E-state index contributed by atoms with van der Waals surface area (Å²) in [6.45, 7) is 5.56. The Morgan fingerprint density at radius 1 is 1.41 bits per heavy atom. The summed E-state index contributed by atoms with van der Waals surface area (Å²) in [6.07, 6.45) is 2.67. The number of tetrazole rings is 1. The fourth-order valence-corrected chi connectivity index (χ4v) is 1.60. The van der Waals surface area contributed by atoms with Gasteiger partial charge in [0.25, 0.3) is 5.56 Å². The highest BCUT2D eigenvalue weighted by Crippen LogP contribution is 2.09. The number of hydrogen-bond donors (Lipinski definition) is 2. The van der Waals surface area contributed by atoms with Crippen LogP contribution < -0.4 is 10.9 Å². The molecule has 0 saturated carbocycles. The number of carboxylic acid groups (broad SMARTS) is 1.